The van der Waals surface area contributed by atoms with Crippen LogP contribution in [0.25, 0.3) is 112 Å². The number of alkyl halides is 3. The summed E-state index contributed by atoms with van der Waals surface area (Å²) < 4.78 is 61.0. The minimum atomic E-state index is -4.55. The molecular formula is C115H103F3N22O5. The molecule has 8 aromatic carbocycles. The normalized spacial score (nSPS) is 12.7. The second-order valence-corrected chi connectivity index (χ2v) is 35.1. The van der Waals surface area contributed by atoms with Gasteiger partial charge in [0.25, 0.3) is 11.8 Å². The number of amides is 2. The lowest BCUT2D eigenvalue weighted by molar-refractivity contribution is -0.144. The Labute approximate surface area is 834 Å². The van der Waals surface area contributed by atoms with Gasteiger partial charge in [-0.1, -0.05) is 243 Å². The second kappa shape index (κ2) is 45.0. The second-order valence-electron chi connectivity index (χ2n) is 35.1. The van der Waals surface area contributed by atoms with Crippen LogP contribution < -0.4 is 31.9 Å². The van der Waals surface area contributed by atoms with Crippen molar-refractivity contribution < 1.29 is 37.0 Å². The lowest BCUT2D eigenvalue weighted by Crippen LogP contribution is -2.33. The van der Waals surface area contributed by atoms with Crippen molar-refractivity contribution in [3.05, 3.63) is 422 Å². The lowest BCUT2D eigenvalue weighted by atomic mass is 10.1. The standard InChI is InChI=1S/C32H32N6O2.C31H30N6O2.C26H20F3N5.C26H21N5O/c1-32(2)15-13-26(40-32)21-35-31(39)25-17-24(19-33-20-25)29-36-30(34-18-22-9-5-3-6-10-22)28-27(14-16-38(28)37-29)23-11-7-4-8-12-23;1-3-39-22(2)14-16-33-31(38)26-18-25(20-32-21-26)29-35-30(34-19-23-10-6-4-7-11-23)28-27(15-17-37(28)36-29)24-12-8-5-9-13-24;1-17-14-20(16-30-15-17)24-32-25(31-23(26(27,28)29)19-10-6-3-7-11-19)22-21(12-13-34(22)33-24)18-8-4-2-5-9-18;1-18(32)20-10-7-11-21(16-20)25-29-26(28-17-22-12-5-6-14-27-22)24-23(13-15-31(24)30-25)19-8-3-2-4-9-19/h3-12,14,16-17,19-20,26H,13,15,18,21H2,1-2H3,(H,35,39)(H,34,36,37);4-13,15,17-18,20-21H,2-3,14,16,19H2,1H3,(H,33,38)(H,34,35,36);2-16,23H,1H3,(H,31,32,33);2-16H,17H2,1H3,(H,28,29,30). The highest BCUT2D eigenvalue weighted by Crippen LogP contribution is 2.41. The van der Waals surface area contributed by atoms with Crippen LogP contribution in [0.15, 0.2) is 378 Å². The molecule has 13 heterocycles. The van der Waals surface area contributed by atoms with Crippen molar-refractivity contribution in [3.63, 3.8) is 0 Å². The van der Waals surface area contributed by atoms with E-state index in [2.05, 4.69) is 143 Å². The fraction of sp³-hybridized carbons (Fsp3) is 0.157. The van der Waals surface area contributed by atoms with E-state index in [1.807, 2.05) is 234 Å². The van der Waals surface area contributed by atoms with Crippen LogP contribution in [0.2, 0.25) is 0 Å². The topological polar surface area (TPSA) is 314 Å². The van der Waals surface area contributed by atoms with Crippen LogP contribution in [-0.2, 0) is 29.1 Å². The Hall–Kier alpha value is -18.1. The predicted octanol–water partition coefficient (Wildman–Crippen LogP) is 23.3. The molecule has 12 aromatic heterocycles. The van der Waals surface area contributed by atoms with Crippen LogP contribution in [0, 0.1) is 6.92 Å². The van der Waals surface area contributed by atoms with E-state index in [4.69, 9.17) is 39.7 Å². The molecule has 2 unspecified atom stereocenters. The Morgan fingerprint density at radius 2 is 0.841 bits per heavy atom. The third-order valence-electron chi connectivity index (χ3n) is 24.2. The van der Waals surface area contributed by atoms with E-state index in [0.29, 0.717) is 125 Å². The molecule has 30 heteroatoms. The number of nitrogens with one attached hydrogen (secondary N) is 6. The number of ketones is 1. The number of aromatic nitrogens is 16. The van der Waals surface area contributed by atoms with Gasteiger partial charge in [0.15, 0.2) is 52.4 Å². The fourth-order valence-corrected chi connectivity index (χ4v) is 17.0. The number of carbonyl (C=O) groups is 3. The van der Waals surface area contributed by atoms with E-state index in [9.17, 15) is 27.6 Å². The van der Waals surface area contributed by atoms with Gasteiger partial charge in [-0.25, -0.2) is 38.0 Å². The van der Waals surface area contributed by atoms with Crippen LogP contribution >= 0.6 is 0 Å². The van der Waals surface area contributed by atoms with Gasteiger partial charge in [0.2, 0.25) is 0 Å². The number of benzene rings is 8. The van der Waals surface area contributed by atoms with Gasteiger partial charge in [0, 0.05) is 151 Å². The van der Waals surface area contributed by atoms with Gasteiger partial charge in [0.05, 0.1) is 47.4 Å². The van der Waals surface area contributed by atoms with Crippen LogP contribution in [-0.4, -0.2) is 134 Å². The summed E-state index contributed by atoms with van der Waals surface area (Å²) in [5.74, 6) is 4.15. The Morgan fingerprint density at radius 1 is 0.448 bits per heavy atom. The number of hydrogen-bond acceptors (Lipinski definition) is 21. The molecule has 1 aliphatic heterocycles. The van der Waals surface area contributed by atoms with Crippen molar-refractivity contribution in [1.29, 1.82) is 0 Å². The number of carbonyl (C=O) groups excluding carboxylic acids is 3. The van der Waals surface area contributed by atoms with Gasteiger partial charge in [-0.3, -0.25) is 34.3 Å². The zero-order valence-electron chi connectivity index (χ0n) is 80.2. The first-order valence-corrected chi connectivity index (χ1v) is 47.5. The Balaban J connectivity index is 0.000000127. The third kappa shape index (κ3) is 24.0. The molecular weight excluding hydrogens is 1830 g/mol. The summed E-state index contributed by atoms with van der Waals surface area (Å²) in [4.78, 5) is 74.1. The maximum absolute atomic E-state index is 14.2. The number of Topliss-reactive ketones (excluding diaryl/α,β-unsaturated/α-hetero) is 1. The average molecular weight is 1930 g/mol. The monoisotopic (exact) mass is 1930 g/mol. The summed E-state index contributed by atoms with van der Waals surface area (Å²) in [5, 5.41) is 38.0. The molecule has 0 saturated carbocycles. The van der Waals surface area contributed by atoms with Crippen LogP contribution in [0.1, 0.15) is 112 Å². The number of fused-ring (bicyclic) bond motifs is 4. The largest absolute Gasteiger partial charge is 0.499 e. The van der Waals surface area contributed by atoms with Crippen LogP contribution in [0.4, 0.5) is 36.4 Å². The highest BCUT2D eigenvalue weighted by Gasteiger charge is 2.42. The van der Waals surface area contributed by atoms with Gasteiger partial charge >= 0.3 is 6.18 Å². The van der Waals surface area contributed by atoms with E-state index < -0.39 is 12.2 Å². The van der Waals surface area contributed by atoms with Crippen molar-refractivity contribution in [1.82, 2.24) is 89.0 Å². The molecule has 724 valence electrons. The van der Waals surface area contributed by atoms with Gasteiger partial charge in [-0.15, -0.1) is 20.4 Å². The molecule has 2 atom stereocenters. The predicted molar refractivity (Wildman–Crippen MR) is 560 cm³/mol. The number of pyridine rings is 4. The summed E-state index contributed by atoms with van der Waals surface area (Å²) in [6.07, 6.45) is 17.0. The van der Waals surface area contributed by atoms with Crippen molar-refractivity contribution in [2.24, 2.45) is 0 Å². The molecule has 0 radical (unpaired) electrons. The molecule has 1 fully saturated rings. The average Bonchev–Trinajstić information content (AvgIpc) is 1.64. The maximum Gasteiger partial charge on any atom is 0.412 e. The molecule has 1 aliphatic rings. The first-order valence-electron chi connectivity index (χ1n) is 47.5. The molecule has 0 aliphatic carbocycles. The number of nitrogens with zero attached hydrogens (tertiary/aromatic N) is 16. The van der Waals surface area contributed by atoms with E-state index >= 15 is 0 Å². The Morgan fingerprint density at radius 3 is 1.26 bits per heavy atom. The minimum absolute atomic E-state index is 0.00811. The summed E-state index contributed by atoms with van der Waals surface area (Å²) in [6.45, 7) is 16.5. The minimum Gasteiger partial charge on any atom is -0.499 e. The summed E-state index contributed by atoms with van der Waals surface area (Å²) in [6, 6.07) is 92.7. The summed E-state index contributed by atoms with van der Waals surface area (Å²) in [7, 11) is 0. The maximum atomic E-state index is 14.2. The number of anilines is 4. The van der Waals surface area contributed by atoms with Crippen molar-refractivity contribution in [3.8, 4) is 90.1 Å². The van der Waals surface area contributed by atoms with Crippen molar-refractivity contribution in [2.45, 2.75) is 97.4 Å². The molecule has 21 rings (SSSR count). The molecule has 1 saturated heterocycles. The first kappa shape index (κ1) is 97.2. The third-order valence-corrected chi connectivity index (χ3v) is 24.2. The molecule has 0 spiro atoms. The number of hydrogen-bond donors (Lipinski definition) is 6. The highest BCUT2D eigenvalue weighted by molar-refractivity contribution is 5.98. The summed E-state index contributed by atoms with van der Waals surface area (Å²) in [5.41, 5.74) is 19.3. The van der Waals surface area contributed by atoms with Crippen LogP contribution in [0.3, 0.4) is 0 Å². The molecule has 2 amide bonds. The zero-order valence-corrected chi connectivity index (χ0v) is 80.2. The SMILES string of the molecule is C=C(CCNC(=O)c1cncc(-c2nc(NCc3ccccc3)c3c(-c4ccccc4)ccn3n2)c1)OCC.CC(=O)c1cccc(-c2nc(NCc3ccccn3)c3c(-c4ccccc4)ccn3n2)c1.CC1(C)CCC(CNC(=O)c2cncc(-c3nc(NCc4ccccc4)c4c(-c5ccccc5)ccn4n3)c2)O1.Cc1cncc(-c2nc(NC(c3ccccc3)C(F)(F)F)c3c(-c4ccccc4)ccn3n2)c1. The van der Waals surface area contributed by atoms with Crippen LogP contribution in [0.5, 0.6) is 0 Å². The van der Waals surface area contributed by atoms with Crippen molar-refractivity contribution >= 4 is 62.9 Å². The number of ether oxygens (including phenoxy) is 2. The first-order chi connectivity index (χ1) is 70.7. The zero-order chi connectivity index (χ0) is 100. The van der Waals surface area contributed by atoms with Gasteiger partial charge in [0.1, 0.15) is 28.1 Å². The molecule has 145 heavy (non-hydrogen) atoms. The van der Waals surface area contributed by atoms with Gasteiger partial charge < -0.3 is 41.4 Å². The highest BCUT2D eigenvalue weighted by atomic mass is 19.4. The van der Waals surface area contributed by atoms with E-state index in [0.717, 1.165) is 102 Å². The van der Waals surface area contributed by atoms with E-state index in [-0.39, 0.29) is 46.5 Å². The Kier molecular flexibility index (Phi) is 30.2. The summed E-state index contributed by atoms with van der Waals surface area (Å²) >= 11 is 0. The number of aryl methyl sites for hydroxylation is 1. The van der Waals surface area contributed by atoms with Crippen molar-refractivity contribution in [2.75, 3.05) is 41.0 Å². The smallest absolute Gasteiger partial charge is 0.412 e. The fourth-order valence-electron chi connectivity index (χ4n) is 17.0. The Bertz CT molecular complexity index is 7900. The van der Waals surface area contributed by atoms with E-state index in [1.165, 1.54) is 18.3 Å². The molecule has 0 bridgehead atoms. The van der Waals surface area contributed by atoms with E-state index in [1.54, 1.807) is 91.2 Å². The molecule has 20 aromatic rings. The lowest BCUT2D eigenvalue weighted by Gasteiger charge is -2.23. The molecule has 27 nitrogen and oxygen atoms in total. The number of rotatable bonds is 30. The number of halogens is 3. The van der Waals surface area contributed by atoms with Gasteiger partial charge in [-0.05, 0) is 153 Å². The quantitative estimate of drug-likeness (QED) is 0.0180. The van der Waals surface area contributed by atoms with Gasteiger partial charge in [-0.2, -0.15) is 13.2 Å². The molecule has 6 N–H and O–H groups in total.